The summed E-state index contributed by atoms with van der Waals surface area (Å²) in [5, 5.41) is 13.8. The van der Waals surface area contributed by atoms with E-state index in [-0.39, 0.29) is 17.4 Å². The van der Waals surface area contributed by atoms with Crippen LogP contribution in [0, 0.1) is 10.1 Å². The summed E-state index contributed by atoms with van der Waals surface area (Å²) in [5.74, 6) is -0.308. The number of aromatic amines is 1. The Bertz CT molecular complexity index is 517. The monoisotopic (exact) mass is 279 g/mol. The summed E-state index contributed by atoms with van der Waals surface area (Å²) < 4.78 is 0. The standard InChI is InChI=1S/C12H17N5O3/c18-12(10-1-2-11(14-10)17(19)20)16-5-3-15(4-6-16)9-7-13-8-9/h1-2,9,13-14H,3-8H2. The minimum Gasteiger partial charge on any atom is -0.358 e. The van der Waals surface area contributed by atoms with E-state index in [9.17, 15) is 14.9 Å². The lowest BCUT2D eigenvalue weighted by atomic mass is 10.1. The molecule has 8 nitrogen and oxygen atoms in total. The maximum atomic E-state index is 12.2. The van der Waals surface area contributed by atoms with Crippen molar-refractivity contribution in [2.75, 3.05) is 39.3 Å². The number of H-pyrrole nitrogens is 1. The molecule has 2 fully saturated rings. The maximum absolute atomic E-state index is 12.2. The van der Waals surface area contributed by atoms with Crippen LogP contribution in [0.15, 0.2) is 12.1 Å². The first-order valence-electron chi connectivity index (χ1n) is 6.72. The minimum absolute atomic E-state index is 0.146. The molecule has 3 heterocycles. The molecule has 2 aliphatic heterocycles. The SMILES string of the molecule is O=C(c1ccc([N+](=O)[O-])[nH]1)N1CCN(C2CNC2)CC1. The first-order chi connectivity index (χ1) is 9.65. The number of rotatable bonds is 3. The molecule has 1 amide bonds. The molecule has 0 atom stereocenters. The molecule has 0 bridgehead atoms. The van der Waals surface area contributed by atoms with Crippen molar-refractivity contribution in [1.82, 2.24) is 20.1 Å². The van der Waals surface area contributed by atoms with Crippen LogP contribution < -0.4 is 5.32 Å². The molecule has 2 saturated heterocycles. The summed E-state index contributed by atoms with van der Waals surface area (Å²) in [5.41, 5.74) is 0.287. The fourth-order valence-corrected chi connectivity index (χ4v) is 2.61. The lowest BCUT2D eigenvalue weighted by Crippen LogP contribution is -2.62. The van der Waals surface area contributed by atoms with Gasteiger partial charge in [-0.2, -0.15) is 0 Å². The Labute approximate surface area is 115 Å². The molecule has 0 aromatic carbocycles. The molecule has 8 heteroatoms. The van der Waals surface area contributed by atoms with E-state index in [1.54, 1.807) is 4.90 Å². The van der Waals surface area contributed by atoms with E-state index in [2.05, 4.69) is 15.2 Å². The Hall–Kier alpha value is -1.93. The summed E-state index contributed by atoms with van der Waals surface area (Å²) in [7, 11) is 0. The first kappa shape index (κ1) is 13.1. The molecule has 108 valence electrons. The number of amides is 1. The van der Waals surface area contributed by atoms with Crippen LogP contribution in [-0.2, 0) is 0 Å². The molecule has 0 radical (unpaired) electrons. The molecular formula is C12H17N5O3. The molecule has 3 rings (SSSR count). The molecule has 2 N–H and O–H groups in total. The van der Waals surface area contributed by atoms with Crippen LogP contribution in [0.1, 0.15) is 10.5 Å². The van der Waals surface area contributed by atoms with Gasteiger partial charge in [-0.3, -0.25) is 9.69 Å². The van der Waals surface area contributed by atoms with Gasteiger partial charge in [0.15, 0.2) is 5.69 Å². The first-order valence-corrected chi connectivity index (χ1v) is 6.72. The van der Waals surface area contributed by atoms with E-state index in [1.807, 2.05) is 0 Å². The van der Waals surface area contributed by atoms with Crippen molar-refractivity contribution in [2.24, 2.45) is 0 Å². The van der Waals surface area contributed by atoms with Gasteiger partial charge in [-0.05, 0) is 11.0 Å². The molecule has 20 heavy (non-hydrogen) atoms. The van der Waals surface area contributed by atoms with Gasteiger partial charge < -0.3 is 20.3 Å². The average Bonchev–Trinajstić information content (AvgIpc) is 2.86. The number of nitrogens with zero attached hydrogens (tertiary/aromatic N) is 3. The molecule has 2 aliphatic rings. The predicted octanol–water partition coefficient (Wildman–Crippen LogP) is -0.348. The second kappa shape index (κ2) is 5.22. The summed E-state index contributed by atoms with van der Waals surface area (Å²) in [4.78, 5) is 29.0. The minimum atomic E-state index is -0.529. The highest BCUT2D eigenvalue weighted by atomic mass is 16.6. The molecule has 0 spiro atoms. The van der Waals surface area contributed by atoms with Crippen LogP contribution in [-0.4, -0.2) is 70.9 Å². The van der Waals surface area contributed by atoms with Crippen molar-refractivity contribution >= 4 is 11.7 Å². The smallest absolute Gasteiger partial charge is 0.321 e. The number of nitrogens with one attached hydrogen (secondary N) is 2. The van der Waals surface area contributed by atoms with Crippen molar-refractivity contribution in [3.05, 3.63) is 27.9 Å². The Morgan fingerprint density at radius 2 is 1.95 bits per heavy atom. The second-order valence-electron chi connectivity index (χ2n) is 5.15. The van der Waals surface area contributed by atoms with Crippen molar-refractivity contribution in [3.8, 4) is 0 Å². The number of piperazine rings is 1. The van der Waals surface area contributed by atoms with Gasteiger partial charge in [0, 0.05) is 51.4 Å². The maximum Gasteiger partial charge on any atom is 0.321 e. The van der Waals surface area contributed by atoms with E-state index in [0.717, 1.165) is 26.2 Å². The van der Waals surface area contributed by atoms with Gasteiger partial charge in [-0.15, -0.1) is 0 Å². The van der Waals surface area contributed by atoms with E-state index in [4.69, 9.17) is 0 Å². The van der Waals surface area contributed by atoms with Crippen LogP contribution in [0.5, 0.6) is 0 Å². The van der Waals surface area contributed by atoms with E-state index in [0.29, 0.717) is 19.1 Å². The Kier molecular flexibility index (Phi) is 3.41. The third-order valence-corrected chi connectivity index (χ3v) is 3.98. The Morgan fingerprint density at radius 3 is 2.45 bits per heavy atom. The fraction of sp³-hybridized carbons (Fsp3) is 0.583. The summed E-state index contributed by atoms with van der Waals surface area (Å²) in [6, 6.07) is 3.39. The quantitative estimate of drug-likeness (QED) is 0.582. The number of carbonyl (C=O) groups excluding carboxylic acids is 1. The van der Waals surface area contributed by atoms with Gasteiger partial charge in [-0.1, -0.05) is 0 Å². The lowest BCUT2D eigenvalue weighted by Gasteiger charge is -2.43. The zero-order valence-electron chi connectivity index (χ0n) is 11.0. The van der Waals surface area contributed by atoms with Gasteiger partial charge in [0.25, 0.3) is 5.91 Å². The van der Waals surface area contributed by atoms with E-state index >= 15 is 0 Å². The summed E-state index contributed by atoms with van der Waals surface area (Å²) >= 11 is 0. The fourth-order valence-electron chi connectivity index (χ4n) is 2.61. The topological polar surface area (TPSA) is 94.5 Å². The highest BCUT2D eigenvalue weighted by Crippen LogP contribution is 2.15. The number of hydrogen-bond acceptors (Lipinski definition) is 5. The third-order valence-electron chi connectivity index (χ3n) is 3.98. The predicted molar refractivity (Wildman–Crippen MR) is 71.6 cm³/mol. The largest absolute Gasteiger partial charge is 0.358 e. The Balaban J connectivity index is 1.59. The third kappa shape index (κ3) is 2.39. The van der Waals surface area contributed by atoms with Crippen LogP contribution in [0.3, 0.4) is 0 Å². The van der Waals surface area contributed by atoms with Crippen molar-refractivity contribution < 1.29 is 9.72 Å². The van der Waals surface area contributed by atoms with Crippen LogP contribution >= 0.6 is 0 Å². The normalized spacial score (nSPS) is 20.7. The number of hydrogen-bond donors (Lipinski definition) is 2. The summed E-state index contributed by atoms with van der Waals surface area (Å²) in [6.45, 7) is 5.11. The van der Waals surface area contributed by atoms with Crippen molar-refractivity contribution in [2.45, 2.75) is 6.04 Å². The summed E-state index contributed by atoms with van der Waals surface area (Å²) in [6.07, 6.45) is 0. The Morgan fingerprint density at radius 1 is 1.25 bits per heavy atom. The van der Waals surface area contributed by atoms with Crippen LogP contribution in [0.25, 0.3) is 0 Å². The second-order valence-corrected chi connectivity index (χ2v) is 5.15. The molecule has 0 aliphatic carbocycles. The average molecular weight is 279 g/mol. The van der Waals surface area contributed by atoms with E-state index in [1.165, 1.54) is 12.1 Å². The molecule has 0 saturated carbocycles. The molecule has 0 unspecified atom stereocenters. The lowest BCUT2D eigenvalue weighted by molar-refractivity contribution is -0.389. The highest BCUT2D eigenvalue weighted by molar-refractivity contribution is 5.93. The zero-order valence-corrected chi connectivity index (χ0v) is 11.0. The molecule has 1 aromatic rings. The van der Waals surface area contributed by atoms with Crippen molar-refractivity contribution in [1.29, 1.82) is 0 Å². The molecular weight excluding hydrogens is 262 g/mol. The van der Waals surface area contributed by atoms with Crippen LogP contribution in [0.2, 0.25) is 0 Å². The van der Waals surface area contributed by atoms with Gasteiger partial charge in [0.2, 0.25) is 0 Å². The van der Waals surface area contributed by atoms with E-state index < -0.39 is 4.92 Å². The van der Waals surface area contributed by atoms with Gasteiger partial charge in [0.1, 0.15) is 0 Å². The highest BCUT2D eigenvalue weighted by Gasteiger charge is 2.30. The number of aromatic nitrogens is 1. The van der Waals surface area contributed by atoms with Gasteiger partial charge in [0.05, 0.1) is 0 Å². The molecule has 1 aromatic heterocycles. The van der Waals surface area contributed by atoms with Gasteiger partial charge >= 0.3 is 5.82 Å². The zero-order chi connectivity index (χ0) is 14.1. The number of carbonyl (C=O) groups is 1. The van der Waals surface area contributed by atoms with Crippen LogP contribution in [0.4, 0.5) is 5.82 Å². The van der Waals surface area contributed by atoms with Crippen molar-refractivity contribution in [3.63, 3.8) is 0 Å². The number of nitro groups is 1. The van der Waals surface area contributed by atoms with Gasteiger partial charge in [-0.25, -0.2) is 4.98 Å².